The first-order chi connectivity index (χ1) is 10.6. The van der Waals surface area contributed by atoms with Crippen molar-refractivity contribution in [2.24, 2.45) is 10.8 Å². The van der Waals surface area contributed by atoms with E-state index < -0.39 is 0 Å². The highest BCUT2D eigenvalue weighted by atomic mass is 16.3. The summed E-state index contributed by atoms with van der Waals surface area (Å²) < 4.78 is 0. The monoisotopic (exact) mass is 332 g/mol. The molecule has 0 aromatic heterocycles. The Morgan fingerprint density at radius 1 is 0.609 bits per heavy atom. The molecule has 2 atom stereocenters. The van der Waals surface area contributed by atoms with E-state index in [1.807, 2.05) is 27.7 Å². The minimum Gasteiger partial charge on any atom is -0.396 e. The fourth-order valence-electron chi connectivity index (χ4n) is 2.67. The minimum absolute atomic E-state index is 0.0573. The van der Waals surface area contributed by atoms with Gasteiger partial charge >= 0.3 is 0 Å². The van der Waals surface area contributed by atoms with Crippen molar-refractivity contribution in [2.75, 3.05) is 13.2 Å². The van der Waals surface area contributed by atoms with Gasteiger partial charge in [-0.15, -0.1) is 0 Å². The van der Waals surface area contributed by atoms with Crippen LogP contribution < -0.4 is 0 Å². The lowest BCUT2D eigenvalue weighted by molar-refractivity contribution is 0.105. The molecule has 0 aliphatic carbocycles. The van der Waals surface area contributed by atoms with Crippen molar-refractivity contribution in [1.82, 2.24) is 0 Å². The zero-order valence-electron chi connectivity index (χ0n) is 15.7. The molecule has 23 heavy (non-hydrogen) atoms. The van der Waals surface area contributed by atoms with Gasteiger partial charge in [-0.3, -0.25) is 0 Å². The summed E-state index contributed by atoms with van der Waals surface area (Å²) in [5.41, 5.74) is -0.115. The Morgan fingerprint density at radius 2 is 0.913 bits per heavy atom. The lowest BCUT2D eigenvalue weighted by Crippen LogP contribution is -2.18. The van der Waals surface area contributed by atoms with Gasteiger partial charge in [0.1, 0.15) is 0 Å². The lowest BCUT2D eigenvalue weighted by atomic mass is 9.87. The van der Waals surface area contributed by atoms with E-state index in [9.17, 15) is 20.4 Å². The fourth-order valence-corrected chi connectivity index (χ4v) is 2.67. The maximum Gasteiger partial charge on any atom is 0.0540 e. The molecule has 0 amide bonds. The summed E-state index contributed by atoms with van der Waals surface area (Å²) in [5.74, 6) is 0. The van der Waals surface area contributed by atoms with Crippen LogP contribution in [-0.2, 0) is 0 Å². The van der Waals surface area contributed by atoms with Crippen LogP contribution in [0.2, 0.25) is 0 Å². The molecule has 0 saturated heterocycles. The molecule has 0 saturated carbocycles. The number of aliphatic hydroxyl groups excluding tert-OH is 4. The van der Waals surface area contributed by atoms with Gasteiger partial charge in [0.15, 0.2) is 0 Å². The Bertz CT molecular complexity index is 261. The summed E-state index contributed by atoms with van der Waals surface area (Å²) >= 11 is 0. The van der Waals surface area contributed by atoms with E-state index in [0.717, 1.165) is 57.8 Å². The predicted octanol–water partition coefficient (Wildman–Crippen LogP) is 3.26. The van der Waals surface area contributed by atoms with Crippen molar-refractivity contribution in [1.29, 1.82) is 0 Å². The molecule has 0 aromatic carbocycles. The highest BCUT2D eigenvalue weighted by Crippen LogP contribution is 2.24. The molecule has 140 valence electrons. The van der Waals surface area contributed by atoms with Crippen molar-refractivity contribution in [3.8, 4) is 0 Å². The van der Waals surface area contributed by atoms with Gasteiger partial charge in [-0.1, -0.05) is 40.5 Å². The lowest BCUT2D eigenvalue weighted by Gasteiger charge is -2.22. The van der Waals surface area contributed by atoms with Crippen molar-refractivity contribution < 1.29 is 20.4 Å². The van der Waals surface area contributed by atoms with E-state index in [2.05, 4.69) is 0 Å². The molecular formula is C19H40O4. The topological polar surface area (TPSA) is 80.9 Å². The van der Waals surface area contributed by atoms with Crippen molar-refractivity contribution in [3.63, 3.8) is 0 Å². The van der Waals surface area contributed by atoms with Gasteiger partial charge in [-0.25, -0.2) is 0 Å². The molecule has 0 heterocycles. The Balaban J connectivity index is 3.65. The van der Waals surface area contributed by atoms with E-state index in [1.165, 1.54) is 0 Å². The SMILES string of the molecule is CC(C)(CO)CCC[C@@H](O)CCC[C@H](O)CCCC(C)(C)CO. The van der Waals surface area contributed by atoms with Gasteiger partial charge in [0, 0.05) is 13.2 Å². The van der Waals surface area contributed by atoms with Crippen molar-refractivity contribution in [3.05, 3.63) is 0 Å². The number of hydrogen-bond acceptors (Lipinski definition) is 4. The first-order valence-electron chi connectivity index (χ1n) is 9.20. The second-order valence-electron chi connectivity index (χ2n) is 8.67. The molecule has 0 radical (unpaired) electrons. The molecule has 0 fully saturated rings. The van der Waals surface area contributed by atoms with Crippen LogP contribution in [0.25, 0.3) is 0 Å². The van der Waals surface area contributed by atoms with E-state index in [-0.39, 0.29) is 36.3 Å². The van der Waals surface area contributed by atoms with Gasteiger partial charge in [0.25, 0.3) is 0 Å². The second-order valence-corrected chi connectivity index (χ2v) is 8.67. The molecule has 0 aliphatic rings. The molecule has 0 unspecified atom stereocenters. The van der Waals surface area contributed by atoms with Gasteiger partial charge in [-0.05, 0) is 55.8 Å². The molecule has 0 aromatic rings. The molecule has 0 rings (SSSR count). The Hall–Kier alpha value is -0.160. The third kappa shape index (κ3) is 12.9. The standard InChI is InChI=1S/C19H40O4/c1-18(2,14-20)12-6-10-16(22)8-5-9-17(23)11-7-13-19(3,4)15-21/h16-17,20-23H,5-15H2,1-4H3/t16-,17-/m0/s1. The molecule has 0 spiro atoms. The van der Waals surface area contributed by atoms with Crippen LogP contribution in [0.1, 0.15) is 85.5 Å². The van der Waals surface area contributed by atoms with E-state index >= 15 is 0 Å². The average Bonchev–Trinajstić information content (AvgIpc) is 2.47. The summed E-state index contributed by atoms with van der Waals surface area (Å²) in [7, 11) is 0. The quantitative estimate of drug-likeness (QED) is 0.393. The third-order valence-corrected chi connectivity index (χ3v) is 4.71. The van der Waals surface area contributed by atoms with Crippen molar-refractivity contribution in [2.45, 2.75) is 97.7 Å². The predicted molar refractivity (Wildman–Crippen MR) is 95.3 cm³/mol. The van der Waals surface area contributed by atoms with Crippen LogP contribution in [0, 0.1) is 10.8 Å². The normalized spacial score (nSPS) is 15.7. The number of rotatable bonds is 14. The summed E-state index contributed by atoms with van der Waals surface area (Å²) in [6, 6.07) is 0. The van der Waals surface area contributed by atoms with Crippen LogP contribution in [0.5, 0.6) is 0 Å². The second kappa shape index (κ2) is 11.4. The summed E-state index contributed by atoms with van der Waals surface area (Å²) in [5, 5.41) is 38.3. The van der Waals surface area contributed by atoms with Gasteiger partial charge in [0.2, 0.25) is 0 Å². The zero-order chi connectivity index (χ0) is 17.9. The molecule has 0 aliphatic heterocycles. The Morgan fingerprint density at radius 3 is 1.22 bits per heavy atom. The van der Waals surface area contributed by atoms with Gasteiger partial charge in [-0.2, -0.15) is 0 Å². The zero-order valence-corrected chi connectivity index (χ0v) is 15.7. The Labute approximate surface area is 142 Å². The first kappa shape index (κ1) is 22.8. The fraction of sp³-hybridized carbons (Fsp3) is 1.00. The van der Waals surface area contributed by atoms with Crippen molar-refractivity contribution >= 4 is 0 Å². The molecule has 4 N–H and O–H groups in total. The summed E-state index contributed by atoms with van der Waals surface area (Å²) in [6.45, 7) is 8.51. The number of hydrogen-bond donors (Lipinski definition) is 4. The van der Waals surface area contributed by atoms with Gasteiger partial charge < -0.3 is 20.4 Å². The van der Waals surface area contributed by atoms with Crippen LogP contribution in [0.4, 0.5) is 0 Å². The van der Waals surface area contributed by atoms with E-state index in [1.54, 1.807) is 0 Å². The van der Waals surface area contributed by atoms with E-state index in [4.69, 9.17) is 0 Å². The summed E-state index contributed by atoms with van der Waals surface area (Å²) in [6.07, 6.45) is 6.94. The molecular weight excluding hydrogens is 292 g/mol. The Kier molecular flexibility index (Phi) is 11.3. The highest BCUT2D eigenvalue weighted by Gasteiger charge is 2.18. The molecule has 0 bridgehead atoms. The van der Waals surface area contributed by atoms with Gasteiger partial charge in [0.05, 0.1) is 12.2 Å². The van der Waals surface area contributed by atoms with E-state index in [0.29, 0.717) is 0 Å². The smallest absolute Gasteiger partial charge is 0.0540 e. The maximum atomic E-state index is 9.97. The van der Waals surface area contributed by atoms with Crippen LogP contribution in [0.3, 0.4) is 0 Å². The van der Waals surface area contributed by atoms with Crippen LogP contribution >= 0.6 is 0 Å². The summed E-state index contributed by atoms with van der Waals surface area (Å²) in [4.78, 5) is 0. The van der Waals surface area contributed by atoms with Crippen LogP contribution in [0.15, 0.2) is 0 Å². The first-order valence-corrected chi connectivity index (χ1v) is 9.20. The highest BCUT2D eigenvalue weighted by molar-refractivity contribution is 4.70. The minimum atomic E-state index is -0.301. The van der Waals surface area contributed by atoms with Crippen LogP contribution in [-0.4, -0.2) is 45.8 Å². The molecule has 4 nitrogen and oxygen atoms in total. The molecule has 4 heteroatoms. The third-order valence-electron chi connectivity index (χ3n) is 4.71. The maximum absolute atomic E-state index is 9.97. The average molecular weight is 333 g/mol. The largest absolute Gasteiger partial charge is 0.396 e. The number of aliphatic hydroxyl groups is 4.